The highest BCUT2D eigenvalue weighted by atomic mass is 32.2. The largest absolute Gasteiger partial charge is 0.228 e. The first kappa shape index (κ1) is 13.5. The maximum absolute atomic E-state index is 4.44. The minimum absolute atomic E-state index is 0.580. The van der Waals surface area contributed by atoms with Crippen molar-refractivity contribution in [2.45, 2.75) is 71.0 Å². The normalized spacial score (nSPS) is 39.3. The van der Waals surface area contributed by atoms with Crippen LogP contribution < -0.4 is 0 Å². The van der Waals surface area contributed by atoms with Crippen molar-refractivity contribution >= 4 is 18.2 Å². The summed E-state index contributed by atoms with van der Waals surface area (Å²) < 4.78 is 4.44. The first-order chi connectivity index (χ1) is 8.12. The molecule has 98 valence electrons. The lowest BCUT2D eigenvalue weighted by Gasteiger charge is -2.35. The molecule has 0 aromatic carbocycles. The van der Waals surface area contributed by atoms with Gasteiger partial charge < -0.3 is 0 Å². The number of hydrogen-bond donors (Lipinski definition) is 0. The van der Waals surface area contributed by atoms with E-state index in [0.717, 1.165) is 17.1 Å². The Morgan fingerprint density at radius 1 is 1.18 bits per heavy atom. The second-order valence-electron chi connectivity index (χ2n) is 6.51. The summed E-state index contributed by atoms with van der Waals surface area (Å²) in [6.07, 6.45) is 12.0. The lowest BCUT2D eigenvalue weighted by Crippen LogP contribution is -2.25. The van der Waals surface area contributed by atoms with E-state index in [1.54, 1.807) is 0 Å². The number of nitrogens with zero attached hydrogens (tertiary/aromatic N) is 1. The van der Waals surface area contributed by atoms with Crippen LogP contribution in [-0.4, -0.2) is 11.5 Å². The Kier molecular flexibility index (Phi) is 4.57. The van der Waals surface area contributed by atoms with Gasteiger partial charge in [0.2, 0.25) is 0 Å². The van der Waals surface area contributed by atoms with Gasteiger partial charge >= 0.3 is 0 Å². The fourth-order valence-corrected chi connectivity index (χ4v) is 4.23. The fourth-order valence-electron chi connectivity index (χ4n) is 3.21. The Morgan fingerprint density at radius 3 is 2.71 bits per heavy atom. The van der Waals surface area contributed by atoms with Crippen molar-refractivity contribution in [1.82, 2.24) is 0 Å². The van der Waals surface area contributed by atoms with Crippen molar-refractivity contribution < 1.29 is 0 Å². The van der Waals surface area contributed by atoms with E-state index < -0.39 is 0 Å². The zero-order valence-corrected chi connectivity index (χ0v) is 12.4. The van der Waals surface area contributed by atoms with Crippen LogP contribution in [0.25, 0.3) is 0 Å². The summed E-state index contributed by atoms with van der Waals surface area (Å²) in [4.78, 5) is 0. The molecule has 0 spiro atoms. The maximum atomic E-state index is 4.44. The van der Waals surface area contributed by atoms with Crippen LogP contribution in [0, 0.1) is 17.3 Å². The van der Waals surface area contributed by atoms with E-state index in [9.17, 15) is 0 Å². The van der Waals surface area contributed by atoms with Crippen LogP contribution in [0.3, 0.4) is 0 Å². The molecule has 0 amide bonds. The molecule has 1 aliphatic carbocycles. The van der Waals surface area contributed by atoms with Crippen molar-refractivity contribution in [2.75, 3.05) is 0 Å². The van der Waals surface area contributed by atoms with Crippen LogP contribution in [0.1, 0.15) is 65.7 Å². The van der Waals surface area contributed by atoms with Crippen LogP contribution >= 0.6 is 11.9 Å². The lowest BCUT2D eigenvalue weighted by molar-refractivity contribution is 0.165. The van der Waals surface area contributed by atoms with Gasteiger partial charge in [0.05, 0.1) is 0 Å². The molecule has 3 atom stereocenters. The Hall–Kier alpha value is 0.0200. The average Bonchev–Trinajstić information content (AvgIpc) is 2.72. The zero-order valence-electron chi connectivity index (χ0n) is 11.6. The Morgan fingerprint density at radius 2 is 1.94 bits per heavy atom. The molecule has 0 aromatic rings. The van der Waals surface area contributed by atoms with Crippen molar-refractivity contribution in [1.29, 1.82) is 0 Å². The zero-order chi connectivity index (χ0) is 12.3. The topological polar surface area (TPSA) is 12.4 Å². The molecule has 2 aliphatic rings. The van der Waals surface area contributed by atoms with Crippen molar-refractivity contribution in [2.24, 2.45) is 21.6 Å². The van der Waals surface area contributed by atoms with Gasteiger partial charge in [0.25, 0.3) is 0 Å². The SMILES string of the molecule is CC(C)C1(C)CCCCC2C=NSC2CCC1. The molecular weight excluding hydrogens is 226 g/mol. The second kappa shape index (κ2) is 5.77. The minimum atomic E-state index is 0.580. The van der Waals surface area contributed by atoms with Crippen LogP contribution in [-0.2, 0) is 0 Å². The van der Waals surface area contributed by atoms with Gasteiger partial charge in [-0.15, -0.1) is 0 Å². The lowest BCUT2D eigenvalue weighted by atomic mass is 9.70. The summed E-state index contributed by atoms with van der Waals surface area (Å²) in [5, 5.41) is 0.796. The summed E-state index contributed by atoms with van der Waals surface area (Å²) >= 11 is 1.84. The number of hydrogen-bond acceptors (Lipinski definition) is 2. The molecule has 0 aromatic heterocycles. The molecule has 1 fully saturated rings. The molecule has 1 heterocycles. The first-order valence-electron chi connectivity index (χ1n) is 7.31. The summed E-state index contributed by atoms with van der Waals surface area (Å²) in [7, 11) is 0. The fraction of sp³-hybridized carbons (Fsp3) is 0.933. The molecule has 0 radical (unpaired) electrons. The molecule has 0 bridgehead atoms. The molecule has 0 saturated heterocycles. The van der Waals surface area contributed by atoms with Gasteiger partial charge in [0.1, 0.15) is 0 Å². The van der Waals surface area contributed by atoms with Gasteiger partial charge in [-0.1, -0.05) is 40.0 Å². The molecule has 1 aliphatic heterocycles. The molecule has 0 N–H and O–H groups in total. The predicted molar refractivity (Wildman–Crippen MR) is 78.6 cm³/mol. The van der Waals surface area contributed by atoms with Gasteiger partial charge in [-0.3, -0.25) is 0 Å². The van der Waals surface area contributed by atoms with E-state index in [4.69, 9.17) is 0 Å². The van der Waals surface area contributed by atoms with E-state index in [1.807, 2.05) is 11.9 Å². The van der Waals surface area contributed by atoms with Crippen LogP contribution in [0.5, 0.6) is 0 Å². The maximum Gasteiger partial charge on any atom is 0.0344 e. The summed E-state index contributed by atoms with van der Waals surface area (Å²) in [5.74, 6) is 1.61. The Bertz CT molecular complexity index is 274. The smallest absolute Gasteiger partial charge is 0.0344 e. The Balaban J connectivity index is 1.95. The highest BCUT2D eigenvalue weighted by Crippen LogP contribution is 2.42. The standard InChI is InChI=1S/C15H27NS/c1-12(2)15(3)9-5-4-7-13-11-16-17-14(13)8-6-10-15/h11-14H,4-10H2,1-3H3. The molecule has 17 heavy (non-hydrogen) atoms. The molecule has 2 heteroatoms. The third-order valence-electron chi connectivity index (χ3n) is 5.09. The van der Waals surface area contributed by atoms with Crippen molar-refractivity contribution in [3.8, 4) is 0 Å². The molecule has 1 saturated carbocycles. The van der Waals surface area contributed by atoms with E-state index >= 15 is 0 Å². The summed E-state index contributed by atoms with van der Waals surface area (Å²) in [6, 6.07) is 0. The second-order valence-corrected chi connectivity index (χ2v) is 7.54. The Labute approximate surface area is 111 Å². The number of fused-ring (bicyclic) bond motifs is 1. The third kappa shape index (κ3) is 3.27. The molecule has 2 rings (SSSR count). The van der Waals surface area contributed by atoms with E-state index in [0.29, 0.717) is 5.41 Å². The average molecular weight is 253 g/mol. The van der Waals surface area contributed by atoms with Gasteiger partial charge in [-0.2, -0.15) is 0 Å². The van der Waals surface area contributed by atoms with E-state index in [-0.39, 0.29) is 0 Å². The third-order valence-corrected chi connectivity index (χ3v) is 6.19. The van der Waals surface area contributed by atoms with Gasteiger partial charge in [-0.25, -0.2) is 4.40 Å². The van der Waals surface area contributed by atoms with E-state index in [2.05, 4.69) is 31.4 Å². The van der Waals surface area contributed by atoms with Gasteiger partial charge in [0.15, 0.2) is 0 Å². The van der Waals surface area contributed by atoms with Crippen LogP contribution in [0.15, 0.2) is 4.40 Å². The number of rotatable bonds is 1. The predicted octanol–water partition coefficient (Wildman–Crippen LogP) is 5.11. The van der Waals surface area contributed by atoms with Crippen molar-refractivity contribution in [3.05, 3.63) is 0 Å². The monoisotopic (exact) mass is 253 g/mol. The molecule has 3 unspecified atom stereocenters. The van der Waals surface area contributed by atoms with Gasteiger partial charge in [0, 0.05) is 17.4 Å². The first-order valence-corrected chi connectivity index (χ1v) is 8.15. The van der Waals surface area contributed by atoms with Gasteiger partial charge in [-0.05, 0) is 49.0 Å². The quantitative estimate of drug-likeness (QED) is 0.591. The minimum Gasteiger partial charge on any atom is -0.228 e. The van der Waals surface area contributed by atoms with Crippen molar-refractivity contribution in [3.63, 3.8) is 0 Å². The summed E-state index contributed by atoms with van der Waals surface area (Å²) in [6.45, 7) is 7.32. The highest BCUT2D eigenvalue weighted by molar-refractivity contribution is 7.99. The summed E-state index contributed by atoms with van der Waals surface area (Å²) in [5.41, 5.74) is 0.580. The molecular formula is C15H27NS. The molecule has 1 nitrogen and oxygen atoms in total. The van der Waals surface area contributed by atoms with Crippen LogP contribution in [0.4, 0.5) is 0 Å². The van der Waals surface area contributed by atoms with Crippen LogP contribution in [0.2, 0.25) is 0 Å². The van der Waals surface area contributed by atoms with E-state index in [1.165, 1.54) is 44.9 Å². The highest BCUT2D eigenvalue weighted by Gasteiger charge is 2.31.